The number of nitrogens with zero attached hydrogens (tertiary/aromatic N) is 5. The van der Waals surface area contributed by atoms with E-state index in [2.05, 4.69) is 44.0 Å². The first kappa shape index (κ1) is 30.8. The van der Waals surface area contributed by atoms with Crippen LogP contribution in [0.25, 0.3) is 32.9 Å². The van der Waals surface area contributed by atoms with Crippen LogP contribution >= 0.6 is 0 Å². The monoisotopic (exact) mass is 652 g/mol. The number of phenolic OH excluding ortho intramolecular Hbond substituents is 1. The van der Waals surface area contributed by atoms with Crippen LogP contribution in [-0.2, 0) is 0 Å². The summed E-state index contributed by atoms with van der Waals surface area (Å²) in [5.41, 5.74) is 0.968. The number of allylic oxidation sites excluding steroid dienone is 1. The fraction of sp³-hybridized carbons (Fsp3) is 0.432. The Hall–Kier alpha value is -4.53. The lowest BCUT2D eigenvalue weighted by Crippen LogP contribution is -2.51. The molecule has 2 aromatic carbocycles. The Morgan fingerprint density at radius 1 is 1.08 bits per heavy atom. The summed E-state index contributed by atoms with van der Waals surface area (Å²) in [4.78, 5) is 18.7. The predicted molar refractivity (Wildman–Crippen MR) is 180 cm³/mol. The Morgan fingerprint density at radius 2 is 1.85 bits per heavy atom. The molecule has 11 heteroatoms. The van der Waals surface area contributed by atoms with E-state index in [9.17, 15) is 9.50 Å². The van der Waals surface area contributed by atoms with E-state index >= 15 is 4.39 Å². The Balaban J connectivity index is 1.26. The van der Waals surface area contributed by atoms with E-state index in [0.717, 1.165) is 56.3 Å². The van der Waals surface area contributed by atoms with E-state index in [1.807, 2.05) is 0 Å². The summed E-state index contributed by atoms with van der Waals surface area (Å²) in [5.74, 6) is 3.06. The topological polar surface area (TPSA) is 95.9 Å². The molecule has 3 aliphatic heterocycles. The highest BCUT2D eigenvalue weighted by Crippen LogP contribution is 2.45. The molecule has 2 aromatic heterocycles. The number of halogens is 2. The molecule has 3 saturated heterocycles. The number of anilines is 1. The van der Waals surface area contributed by atoms with Crippen molar-refractivity contribution >= 4 is 27.5 Å². The number of hydrogen-bond donors (Lipinski definition) is 2. The number of hydrogen-bond acceptors (Lipinski definition) is 9. The van der Waals surface area contributed by atoms with Crippen molar-refractivity contribution in [3.8, 4) is 41.2 Å². The van der Waals surface area contributed by atoms with Crippen molar-refractivity contribution in [3.63, 3.8) is 0 Å². The molecule has 1 saturated carbocycles. The second-order valence-corrected chi connectivity index (χ2v) is 13.5. The van der Waals surface area contributed by atoms with Crippen molar-refractivity contribution in [2.75, 3.05) is 51.3 Å². The average molecular weight is 653 g/mol. The molecule has 0 spiro atoms. The Kier molecular flexibility index (Phi) is 7.80. The molecule has 1 aliphatic carbocycles. The van der Waals surface area contributed by atoms with E-state index in [4.69, 9.17) is 20.9 Å². The van der Waals surface area contributed by atoms with Gasteiger partial charge in [0.25, 0.3) is 0 Å². The third kappa shape index (κ3) is 5.47. The third-order valence-electron chi connectivity index (χ3n) is 10.2. The summed E-state index contributed by atoms with van der Waals surface area (Å²) in [6.07, 6.45) is 12.2. The molecule has 4 unspecified atom stereocenters. The van der Waals surface area contributed by atoms with Crippen LogP contribution in [0, 0.1) is 35.8 Å². The first-order chi connectivity index (χ1) is 23.3. The molecule has 0 radical (unpaired) electrons. The van der Waals surface area contributed by atoms with E-state index in [1.165, 1.54) is 37.8 Å². The number of ether oxygens (including phenoxy) is 2. The number of piperidine rings is 1. The van der Waals surface area contributed by atoms with Gasteiger partial charge in [0.05, 0.1) is 12.7 Å². The number of rotatable bonds is 9. The summed E-state index contributed by atoms with van der Waals surface area (Å²) in [6, 6.07) is 6.10. The number of methoxy groups -OCH3 is 1. The minimum absolute atomic E-state index is 0.0430. The number of aromatic nitrogens is 3. The number of benzene rings is 2. The predicted octanol–water partition coefficient (Wildman–Crippen LogP) is 5.43. The number of terminal acetylenes is 1. The molecule has 8 rings (SSSR count). The van der Waals surface area contributed by atoms with Gasteiger partial charge in [0, 0.05) is 55.8 Å². The molecule has 2 bridgehead atoms. The molecule has 4 aromatic rings. The lowest BCUT2D eigenvalue weighted by atomic mass is 9.95. The van der Waals surface area contributed by atoms with Crippen LogP contribution in [0.5, 0.6) is 17.6 Å². The molecular weight excluding hydrogens is 614 g/mol. The van der Waals surface area contributed by atoms with Crippen LogP contribution in [0.2, 0.25) is 0 Å². The van der Waals surface area contributed by atoms with Crippen LogP contribution in [-0.4, -0.2) is 83.5 Å². The van der Waals surface area contributed by atoms with Gasteiger partial charge in [0.15, 0.2) is 5.82 Å². The zero-order chi connectivity index (χ0) is 33.1. The van der Waals surface area contributed by atoms with Gasteiger partial charge in [0.1, 0.15) is 40.6 Å². The maximum absolute atomic E-state index is 17.1. The Bertz CT molecular complexity index is 1990. The van der Waals surface area contributed by atoms with E-state index in [1.54, 1.807) is 0 Å². The van der Waals surface area contributed by atoms with Gasteiger partial charge in [-0.3, -0.25) is 4.90 Å². The van der Waals surface area contributed by atoms with Crippen molar-refractivity contribution in [3.05, 3.63) is 53.1 Å². The third-order valence-corrected chi connectivity index (χ3v) is 10.2. The minimum atomic E-state index is -0.780. The molecule has 2 N–H and O–H groups in total. The van der Waals surface area contributed by atoms with Gasteiger partial charge in [0.2, 0.25) is 5.88 Å². The van der Waals surface area contributed by atoms with Gasteiger partial charge in [-0.15, -0.1) is 6.42 Å². The van der Waals surface area contributed by atoms with Crippen LogP contribution < -0.4 is 19.7 Å². The van der Waals surface area contributed by atoms with Crippen LogP contribution in [0.3, 0.4) is 0 Å². The zero-order valence-corrected chi connectivity index (χ0v) is 27.1. The molecule has 4 aliphatic rings. The molecule has 4 atom stereocenters. The summed E-state index contributed by atoms with van der Waals surface area (Å²) in [5, 5.41) is 15.3. The van der Waals surface area contributed by atoms with Gasteiger partial charge in [-0.1, -0.05) is 25.0 Å². The van der Waals surface area contributed by atoms with Crippen molar-refractivity contribution in [1.29, 1.82) is 0 Å². The highest BCUT2D eigenvalue weighted by Gasteiger charge is 2.45. The number of likely N-dealkylation sites (tertiary alicyclic amines) is 1. The minimum Gasteiger partial charge on any atom is -0.508 e. The van der Waals surface area contributed by atoms with Gasteiger partial charge in [-0.25, -0.2) is 13.8 Å². The van der Waals surface area contributed by atoms with Crippen LogP contribution in [0.1, 0.15) is 38.2 Å². The summed E-state index contributed by atoms with van der Waals surface area (Å²) < 4.78 is 44.1. The summed E-state index contributed by atoms with van der Waals surface area (Å²) in [6.45, 7) is 6.77. The Morgan fingerprint density at radius 3 is 2.56 bits per heavy atom. The molecule has 5 heterocycles. The van der Waals surface area contributed by atoms with Gasteiger partial charge < -0.3 is 24.8 Å². The lowest BCUT2D eigenvalue weighted by Gasteiger charge is -2.34. The summed E-state index contributed by atoms with van der Waals surface area (Å²) >= 11 is 0. The van der Waals surface area contributed by atoms with E-state index < -0.39 is 11.6 Å². The van der Waals surface area contributed by atoms with Crippen LogP contribution in [0.4, 0.5) is 14.6 Å². The quantitative estimate of drug-likeness (QED) is 0.181. The number of pyridine rings is 1. The van der Waals surface area contributed by atoms with Crippen molar-refractivity contribution in [2.45, 2.75) is 44.7 Å². The maximum atomic E-state index is 17.1. The number of aromatic hydroxyl groups is 1. The first-order valence-electron chi connectivity index (χ1n) is 16.7. The summed E-state index contributed by atoms with van der Waals surface area (Å²) in [7, 11) is 1.45. The van der Waals surface area contributed by atoms with Gasteiger partial charge in [-0.05, 0) is 66.7 Å². The smallest absolute Gasteiger partial charge is 0.319 e. The second-order valence-electron chi connectivity index (χ2n) is 13.5. The molecule has 48 heavy (non-hydrogen) atoms. The highest BCUT2D eigenvalue weighted by molar-refractivity contribution is 6.04. The number of piperazine rings is 1. The van der Waals surface area contributed by atoms with Crippen LogP contribution in [0.15, 0.2) is 35.9 Å². The SMILES string of the molecule is C#Cc1c(F)ccc2cc(O)cc(-c3nc(OC)c4c(N5CC6CCC(C5)N6)nc(OC/C(=C\CC)CN5CC6CC6C5)nc4c3F)c12. The number of nitrogens with one attached hydrogen (secondary N) is 1. The average Bonchev–Trinajstić information content (AvgIpc) is 3.55. The Labute approximate surface area is 278 Å². The van der Waals surface area contributed by atoms with Gasteiger partial charge >= 0.3 is 6.01 Å². The number of fused-ring (bicyclic) bond motifs is 5. The highest BCUT2D eigenvalue weighted by atomic mass is 19.1. The largest absolute Gasteiger partial charge is 0.508 e. The van der Waals surface area contributed by atoms with Crippen molar-refractivity contribution in [2.24, 2.45) is 11.8 Å². The fourth-order valence-corrected chi connectivity index (χ4v) is 7.97. The zero-order valence-electron chi connectivity index (χ0n) is 27.1. The maximum Gasteiger partial charge on any atom is 0.319 e. The molecule has 9 nitrogen and oxygen atoms in total. The molecular formula is C37H38F2N6O3. The number of phenols is 1. The molecule has 4 fully saturated rings. The first-order valence-corrected chi connectivity index (χ1v) is 16.7. The van der Waals surface area contributed by atoms with E-state index in [0.29, 0.717) is 29.7 Å². The molecule has 248 valence electrons. The fourth-order valence-electron chi connectivity index (χ4n) is 7.97. The second kappa shape index (κ2) is 12.2. The lowest BCUT2D eigenvalue weighted by molar-refractivity contribution is 0.284. The van der Waals surface area contributed by atoms with Gasteiger partial charge in [-0.2, -0.15) is 9.97 Å². The standard InChI is InChI=1S/C37H38F2N6O3/c1-4-6-20(14-44-15-22-11-23(22)16-44)19-48-37-42-34-31(35(43-37)45-17-24-8-9-25(18-45)40-24)36(47-3)41-33(32(34)39)28-13-26(46)12-21-7-10-29(38)27(5-2)30(21)28/h2,6-7,10,12-13,22-25,40,46H,4,8-9,11,14-19H2,1,3H3/b20-6-. The van der Waals surface area contributed by atoms with Crippen molar-refractivity contribution in [1.82, 2.24) is 25.2 Å². The normalized spacial score (nSPS) is 23.5. The van der Waals surface area contributed by atoms with Crippen molar-refractivity contribution < 1.29 is 23.4 Å². The van der Waals surface area contributed by atoms with E-state index in [-0.39, 0.29) is 64.1 Å². The molecule has 0 amide bonds.